The van der Waals surface area contributed by atoms with Gasteiger partial charge in [-0.05, 0) is 43.2 Å². The smallest absolute Gasteiger partial charge is 0.319 e. The molecule has 3 aromatic heterocycles. The van der Waals surface area contributed by atoms with Crippen LogP contribution in [-0.4, -0.2) is 38.2 Å². The minimum atomic E-state index is -3.09. The quantitative estimate of drug-likeness (QED) is 0.556. The largest absolute Gasteiger partial charge is 0.462 e. The third kappa shape index (κ3) is 3.60. The lowest BCUT2D eigenvalue weighted by Crippen LogP contribution is -2.56. The molecular weight excluding hydrogens is 452 g/mol. The highest BCUT2D eigenvalue weighted by molar-refractivity contribution is 5.86. The Labute approximate surface area is 200 Å². The number of cyclic esters (lactones) is 1. The van der Waals surface area contributed by atoms with Crippen molar-refractivity contribution in [1.82, 2.24) is 20.2 Å². The van der Waals surface area contributed by atoms with Crippen molar-refractivity contribution in [2.75, 3.05) is 0 Å². The Morgan fingerprint density at radius 2 is 2.03 bits per heavy atom. The summed E-state index contributed by atoms with van der Waals surface area (Å²) in [6.45, 7) is 3.27. The van der Waals surface area contributed by atoms with E-state index in [1.165, 1.54) is 13.1 Å². The second-order valence-corrected chi connectivity index (χ2v) is 9.22. The zero-order valence-electron chi connectivity index (χ0n) is 19.2. The summed E-state index contributed by atoms with van der Waals surface area (Å²) in [5.41, 5.74) is 1.12. The fraction of sp³-hybridized carbons (Fsp3) is 0.346. The zero-order chi connectivity index (χ0) is 24.8. The molecule has 1 saturated carbocycles. The van der Waals surface area contributed by atoms with Gasteiger partial charge in [0.1, 0.15) is 23.3 Å². The summed E-state index contributed by atoms with van der Waals surface area (Å²) in [4.78, 5) is 21.5. The molecule has 0 radical (unpaired) electrons. The van der Waals surface area contributed by atoms with Crippen LogP contribution in [0.4, 0.5) is 8.78 Å². The maximum Gasteiger partial charge on any atom is 0.319 e. The molecule has 3 aromatic rings. The first-order valence-corrected chi connectivity index (χ1v) is 11.4. The van der Waals surface area contributed by atoms with E-state index in [1.807, 2.05) is 6.07 Å². The molecule has 2 fully saturated rings. The van der Waals surface area contributed by atoms with Gasteiger partial charge in [0.2, 0.25) is 0 Å². The molecule has 7 nitrogen and oxygen atoms in total. The van der Waals surface area contributed by atoms with E-state index < -0.39 is 47.6 Å². The van der Waals surface area contributed by atoms with Crippen molar-refractivity contribution < 1.29 is 18.3 Å². The molecule has 5 rings (SSSR count). The Balaban J connectivity index is 1.50. The minimum Gasteiger partial charge on any atom is -0.462 e. The Morgan fingerprint density at radius 1 is 1.20 bits per heavy atom. The second-order valence-electron chi connectivity index (χ2n) is 9.22. The number of H-pyrrole nitrogens is 1. The Bertz CT molecular complexity index is 1320. The molecule has 0 spiro atoms. The molecule has 4 heterocycles. The molecule has 1 aliphatic heterocycles. The van der Waals surface area contributed by atoms with Gasteiger partial charge in [-0.2, -0.15) is 10.4 Å². The molecule has 5 atom stereocenters. The lowest BCUT2D eigenvalue weighted by Gasteiger charge is -2.47. The number of nitrogens with zero attached hydrogens (tertiary/aromatic N) is 4. The molecule has 0 amide bonds. The van der Waals surface area contributed by atoms with Crippen LogP contribution in [0.5, 0.6) is 0 Å². The summed E-state index contributed by atoms with van der Waals surface area (Å²) < 4.78 is 36.2. The van der Waals surface area contributed by atoms with Crippen molar-refractivity contribution in [3.8, 4) is 17.2 Å². The third-order valence-electron chi connectivity index (χ3n) is 7.39. The van der Waals surface area contributed by atoms with Gasteiger partial charge >= 0.3 is 5.97 Å². The van der Waals surface area contributed by atoms with E-state index in [9.17, 15) is 10.1 Å². The van der Waals surface area contributed by atoms with Gasteiger partial charge in [0.05, 0.1) is 11.4 Å². The number of nitriles is 1. The number of carbonyl (C=O) groups excluding carboxylic acids is 1. The van der Waals surface area contributed by atoms with Crippen molar-refractivity contribution in [2.45, 2.75) is 37.7 Å². The number of carbonyl (C=O) groups is 1. The number of fused-ring (bicyclic) bond motifs is 1. The number of aromatic nitrogens is 4. The van der Waals surface area contributed by atoms with E-state index in [1.54, 1.807) is 55.7 Å². The summed E-state index contributed by atoms with van der Waals surface area (Å²) in [6.07, 6.45) is 6.90. The maximum atomic E-state index is 15.3. The lowest BCUT2D eigenvalue weighted by molar-refractivity contribution is -0.157. The first-order valence-electron chi connectivity index (χ1n) is 11.4. The molecular formula is C26H23F2N5O2. The fourth-order valence-corrected chi connectivity index (χ4v) is 5.62. The molecule has 1 saturated heterocycles. The van der Waals surface area contributed by atoms with Crippen molar-refractivity contribution >= 4 is 12.0 Å². The van der Waals surface area contributed by atoms with Crippen molar-refractivity contribution in [3.05, 3.63) is 72.1 Å². The number of hydrogen-bond donors (Lipinski definition) is 1. The van der Waals surface area contributed by atoms with Gasteiger partial charge < -0.3 is 4.74 Å². The average Bonchev–Trinajstić information content (AvgIpc) is 3.47. The van der Waals surface area contributed by atoms with E-state index >= 15 is 8.78 Å². The average molecular weight is 475 g/mol. The van der Waals surface area contributed by atoms with Crippen LogP contribution >= 0.6 is 0 Å². The van der Waals surface area contributed by atoms with Gasteiger partial charge in [0.15, 0.2) is 0 Å². The Hall–Kier alpha value is -3.93. The van der Waals surface area contributed by atoms with Gasteiger partial charge in [-0.1, -0.05) is 19.1 Å². The number of rotatable bonds is 4. The van der Waals surface area contributed by atoms with Gasteiger partial charge in [-0.25, -0.2) is 13.8 Å². The molecule has 0 aromatic carbocycles. The summed E-state index contributed by atoms with van der Waals surface area (Å²) >= 11 is 0. The summed E-state index contributed by atoms with van der Waals surface area (Å²) in [5.74, 6) is -5.88. The number of allylic oxidation sites excluding steroid dienone is 1. The highest BCUT2D eigenvalue weighted by atomic mass is 19.3. The molecule has 178 valence electrons. The van der Waals surface area contributed by atoms with Crippen LogP contribution in [-0.2, 0) is 14.9 Å². The molecule has 0 unspecified atom stereocenters. The van der Waals surface area contributed by atoms with Crippen LogP contribution in [0.3, 0.4) is 0 Å². The molecule has 9 heteroatoms. The summed E-state index contributed by atoms with van der Waals surface area (Å²) in [7, 11) is 0. The molecule has 0 bridgehead atoms. The zero-order valence-corrected chi connectivity index (χ0v) is 19.2. The number of halogens is 2. The Kier molecular flexibility index (Phi) is 5.47. The van der Waals surface area contributed by atoms with Crippen LogP contribution in [0.25, 0.3) is 17.2 Å². The first-order chi connectivity index (χ1) is 16.8. The molecule has 1 aliphatic carbocycles. The highest BCUT2D eigenvalue weighted by Crippen LogP contribution is 2.59. The van der Waals surface area contributed by atoms with Crippen molar-refractivity contribution in [3.63, 3.8) is 0 Å². The Morgan fingerprint density at radius 3 is 2.71 bits per heavy atom. The standard InChI is InChI=1S/C26H23F2N5O2/c1-15-19(8-7-18-6-5-17(13-31-18)20-4-3-10-30-21(20)12-29)23-16(2)35-24(34)25(23,14-26(15,27)28)22-9-11-32-33-22/h3-11,13,15-16,19,23H,14H2,1-2H3,(H,32,33)/t15-,16+,19-,23-,25-/m0/s1. The predicted molar refractivity (Wildman–Crippen MR) is 123 cm³/mol. The normalized spacial score (nSPS) is 29.5. The fourth-order valence-electron chi connectivity index (χ4n) is 5.62. The van der Waals surface area contributed by atoms with Crippen LogP contribution in [0.2, 0.25) is 0 Å². The van der Waals surface area contributed by atoms with Crippen molar-refractivity contribution in [1.29, 1.82) is 5.26 Å². The number of esters is 1. The minimum absolute atomic E-state index is 0.297. The number of pyridine rings is 2. The van der Waals surface area contributed by atoms with E-state index in [0.717, 1.165) is 5.56 Å². The van der Waals surface area contributed by atoms with Crippen LogP contribution < -0.4 is 0 Å². The number of hydrogen-bond acceptors (Lipinski definition) is 6. The van der Waals surface area contributed by atoms with Gasteiger partial charge in [-0.15, -0.1) is 0 Å². The van der Waals surface area contributed by atoms with E-state index in [0.29, 0.717) is 22.6 Å². The lowest BCUT2D eigenvalue weighted by atomic mass is 9.55. The second kappa shape index (κ2) is 8.38. The molecule has 2 aliphatic rings. The van der Waals surface area contributed by atoms with Crippen LogP contribution in [0.1, 0.15) is 37.4 Å². The number of ether oxygens (including phenoxy) is 1. The van der Waals surface area contributed by atoms with E-state index in [4.69, 9.17) is 4.74 Å². The topological polar surface area (TPSA) is 105 Å². The molecule has 1 N–H and O–H groups in total. The van der Waals surface area contributed by atoms with Crippen LogP contribution in [0, 0.1) is 29.1 Å². The number of alkyl halides is 2. The monoisotopic (exact) mass is 475 g/mol. The van der Waals surface area contributed by atoms with Gasteiger partial charge in [-0.3, -0.25) is 14.9 Å². The van der Waals surface area contributed by atoms with E-state index in [-0.39, 0.29) is 0 Å². The first kappa shape index (κ1) is 22.8. The van der Waals surface area contributed by atoms with E-state index in [2.05, 4.69) is 26.2 Å². The highest BCUT2D eigenvalue weighted by Gasteiger charge is 2.69. The predicted octanol–water partition coefficient (Wildman–Crippen LogP) is 4.54. The third-order valence-corrected chi connectivity index (χ3v) is 7.39. The number of aromatic amines is 1. The summed E-state index contributed by atoms with van der Waals surface area (Å²) in [6, 6.07) is 10.7. The van der Waals surface area contributed by atoms with Crippen molar-refractivity contribution in [2.24, 2.45) is 17.8 Å². The summed E-state index contributed by atoms with van der Waals surface area (Å²) in [5, 5.41) is 16.0. The maximum absolute atomic E-state index is 15.3. The number of nitrogens with one attached hydrogen (secondary N) is 1. The SMILES string of the molecule is C[C@H]1OC(=O)[C@]2(c3ccn[nH]3)CC(F)(F)[C@@H](C)[C@H](C=Cc3ccc(-c4cccnc4C#N)cn3)[C@H]12. The van der Waals surface area contributed by atoms with Gasteiger partial charge in [0, 0.05) is 48.0 Å². The molecule has 35 heavy (non-hydrogen) atoms. The van der Waals surface area contributed by atoms with Crippen LogP contribution in [0.15, 0.2) is 55.0 Å². The van der Waals surface area contributed by atoms with Gasteiger partial charge in [0.25, 0.3) is 5.92 Å².